The summed E-state index contributed by atoms with van der Waals surface area (Å²) in [5.41, 5.74) is -0.139. The number of hydrogen-bond donors (Lipinski definition) is 2. The summed E-state index contributed by atoms with van der Waals surface area (Å²) in [6.45, 7) is 0.166. The van der Waals surface area contributed by atoms with Crippen LogP contribution < -0.4 is 0 Å². The molecule has 25 heavy (non-hydrogen) atoms. The summed E-state index contributed by atoms with van der Waals surface area (Å²) >= 11 is 9.14. The van der Waals surface area contributed by atoms with E-state index in [1.807, 2.05) is 0 Å². The van der Waals surface area contributed by atoms with Gasteiger partial charge in [0.2, 0.25) is 0 Å². The number of carboxylic acid groups (broad SMARTS) is 1. The monoisotopic (exact) mass is 446 g/mol. The van der Waals surface area contributed by atoms with Gasteiger partial charge in [-0.3, -0.25) is 24.6 Å². The van der Waals surface area contributed by atoms with Gasteiger partial charge in [-0.2, -0.15) is 0 Å². The lowest BCUT2D eigenvalue weighted by molar-refractivity contribution is -0.385. The number of amides is 1. The van der Waals surface area contributed by atoms with Gasteiger partial charge in [-0.15, -0.1) is 0 Å². The molecule has 132 valence electrons. The Morgan fingerprint density at radius 3 is 2.76 bits per heavy atom. The second kappa shape index (κ2) is 7.93. The molecule has 11 heteroatoms. The number of rotatable bonds is 6. The number of aliphatic carboxylic acids is 1. The SMILES string of the molecule is O=C(O)CCCN1C(=O)/C(=C/c2cc([N+](=O)[O-])cc(Br)c2O)SC1=S. The standard InChI is InChI=1S/C14H11BrN2O6S2/c15-9-6-8(17(22)23)4-7(12(9)20)5-10-13(21)16(14(24)25-10)3-1-2-11(18)19/h4-6,20H,1-3H2,(H,18,19)/b10-5-. The largest absolute Gasteiger partial charge is 0.506 e. The summed E-state index contributed by atoms with van der Waals surface area (Å²) in [5, 5.41) is 29.6. The van der Waals surface area contributed by atoms with Gasteiger partial charge >= 0.3 is 5.97 Å². The van der Waals surface area contributed by atoms with Gasteiger partial charge in [-0.25, -0.2) is 0 Å². The molecule has 0 bridgehead atoms. The van der Waals surface area contributed by atoms with Crippen LogP contribution in [-0.4, -0.2) is 42.8 Å². The molecule has 1 aromatic carbocycles. The van der Waals surface area contributed by atoms with Gasteiger partial charge in [0, 0.05) is 30.7 Å². The predicted molar refractivity (Wildman–Crippen MR) is 99.2 cm³/mol. The molecule has 0 radical (unpaired) electrons. The first kappa shape index (κ1) is 19.3. The highest BCUT2D eigenvalue weighted by Gasteiger charge is 2.32. The third kappa shape index (κ3) is 4.55. The minimum atomic E-state index is -0.965. The highest BCUT2D eigenvalue weighted by atomic mass is 79.9. The van der Waals surface area contributed by atoms with E-state index < -0.39 is 16.8 Å². The van der Waals surface area contributed by atoms with E-state index in [0.29, 0.717) is 0 Å². The summed E-state index contributed by atoms with van der Waals surface area (Å²) in [5.74, 6) is -1.63. The van der Waals surface area contributed by atoms with Crippen LogP contribution in [0.4, 0.5) is 5.69 Å². The van der Waals surface area contributed by atoms with E-state index in [2.05, 4.69) is 15.9 Å². The van der Waals surface area contributed by atoms with Crippen molar-refractivity contribution < 1.29 is 24.7 Å². The average molecular weight is 447 g/mol. The third-order valence-electron chi connectivity index (χ3n) is 3.22. The van der Waals surface area contributed by atoms with Crippen LogP contribution in [0.2, 0.25) is 0 Å². The number of nitro groups is 1. The normalized spacial score (nSPS) is 15.9. The van der Waals surface area contributed by atoms with Crippen LogP contribution in [0.5, 0.6) is 5.75 Å². The molecule has 1 aromatic rings. The number of nitro benzene ring substituents is 1. The van der Waals surface area contributed by atoms with Crippen molar-refractivity contribution in [3.63, 3.8) is 0 Å². The van der Waals surface area contributed by atoms with Crippen LogP contribution in [0.25, 0.3) is 6.08 Å². The van der Waals surface area contributed by atoms with Crippen LogP contribution in [0.1, 0.15) is 18.4 Å². The summed E-state index contributed by atoms with van der Waals surface area (Å²) < 4.78 is 0.399. The molecule has 0 unspecified atom stereocenters. The van der Waals surface area contributed by atoms with Gasteiger partial charge in [0.25, 0.3) is 11.6 Å². The number of thiocarbonyl (C=S) groups is 1. The number of benzene rings is 1. The van der Waals surface area contributed by atoms with Crippen molar-refractivity contribution in [2.24, 2.45) is 0 Å². The van der Waals surface area contributed by atoms with Crippen LogP contribution in [0.15, 0.2) is 21.5 Å². The molecule has 0 saturated carbocycles. The molecule has 1 aliphatic rings. The van der Waals surface area contributed by atoms with Crippen molar-refractivity contribution in [2.45, 2.75) is 12.8 Å². The first-order chi connectivity index (χ1) is 11.7. The van der Waals surface area contributed by atoms with Gasteiger partial charge in [0.15, 0.2) is 0 Å². The van der Waals surface area contributed by atoms with Gasteiger partial charge in [0.05, 0.1) is 14.3 Å². The van der Waals surface area contributed by atoms with E-state index in [1.54, 1.807) is 0 Å². The molecule has 0 spiro atoms. The summed E-state index contributed by atoms with van der Waals surface area (Å²) in [7, 11) is 0. The maximum absolute atomic E-state index is 12.4. The average Bonchev–Trinajstić information content (AvgIpc) is 2.78. The van der Waals surface area contributed by atoms with E-state index in [-0.39, 0.29) is 50.1 Å². The molecule has 1 amide bonds. The molecular formula is C14H11BrN2O6S2. The van der Waals surface area contributed by atoms with Crippen molar-refractivity contribution in [3.8, 4) is 5.75 Å². The Morgan fingerprint density at radius 2 is 2.16 bits per heavy atom. The highest BCUT2D eigenvalue weighted by molar-refractivity contribution is 9.10. The van der Waals surface area contributed by atoms with Crippen molar-refractivity contribution in [1.29, 1.82) is 0 Å². The molecule has 1 fully saturated rings. The molecule has 0 atom stereocenters. The number of phenols is 1. The Labute approximate surface area is 159 Å². The summed E-state index contributed by atoms with van der Waals surface area (Å²) in [6.07, 6.45) is 1.49. The van der Waals surface area contributed by atoms with Gasteiger partial charge in [0.1, 0.15) is 10.1 Å². The molecular weight excluding hydrogens is 436 g/mol. The predicted octanol–water partition coefficient (Wildman–Crippen LogP) is 3.13. The van der Waals surface area contributed by atoms with E-state index in [4.69, 9.17) is 17.3 Å². The molecule has 1 heterocycles. The number of hydrogen-bond acceptors (Lipinski definition) is 7. The lowest BCUT2D eigenvalue weighted by Gasteiger charge is -2.13. The smallest absolute Gasteiger partial charge is 0.303 e. The number of nitrogens with zero attached hydrogens (tertiary/aromatic N) is 2. The molecule has 2 N–H and O–H groups in total. The zero-order valence-electron chi connectivity index (χ0n) is 12.5. The molecule has 0 aliphatic carbocycles. The van der Waals surface area contributed by atoms with Crippen molar-refractivity contribution >= 4 is 67.9 Å². The van der Waals surface area contributed by atoms with Crippen molar-refractivity contribution in [1.82, 2.24) is 4.90 Å². The maximum Gasteiger partial charge on any atom is 0.303 e. The fourth-order valence-corrected chi connectivity index (χ4v) is 3.81. The second-order valence-electron chi connectivity index (χ2n) is 4.95. The van der Waals surface area contributed by atoms with E-state index in [0.717, 1.165) is 23.9 Å². The lowest BCUT2D eigenvalue weighted by Crippen LogP contribution is -2.29. The van der Waals surface area contributed by atoms with Crippen LogP contribution in [0, 0.1) is 10.1 Å². The number of halogens is 1. The Hall–Kier alpha value is -1.98. The number of carboxylic acids is 1. The Kier molecular flexibility index (Phi) is 6.14. The third-order valence-corrected chi connectivity index (χ3v) is 5.20. The van der Waals surface area contributed by atoms with Gasteiger partial charge in [-0.05, 0) is 28.4 Å². The Morgan fingerprint density at radius 1 is 1.48 bits per heavy atom. The maximum atomic E-state index is 12.4. The zero-order chi connectivity index (χ0) is 18.7. The van der Waals surface area contributed by atoms with E-state index in [1.165, 1.54) is 11.0 Å². The minimum Gasteiger partial charge on any atom is -0.506 e. The quantitative estimate of drug-likeness (QED) is 0.295. The minimum absolute atomic E-state index is 0.0886. The number of phenolic OH excluding ortho intramolecular Hbond substituents is 1. The first-order valence-electron chi connectivity index (χ1n) is 6.84. The molecule has 0 aromatic heterocycles. The Bertz CT molecular complexity index is 811. The van der Waals surface area contributed by atoms with Crippen LogP contribution in [-0.2, 0) is 9.59 Å². The van der Waals surface area contributed by atoms with Crippen LogP contribution >= 0.6 is 39.9 Å². The summed E-state index contributed by atoms with van der Waals surface area (Å²) in [4.78, 5) is 34.7. The number of carbonyl (C=O) groups excluding carboxylic acids is 1. The first-order valence-corrected chi connectivity index (χ1v) is 8.86. The van der Waals surface area contributed by atoms with Crippen molar-refractivity contribution in [2.75, 3.05) is 6.54 Å². The Balaban J connectivity index is 2.27. The van der Waals surface area contributed by atoms with Crippen LogP contribution in [0.3, 0.4) is 0 Å². The topological polar surface area (TPSA) is 121 Å². The molecule has 8 nitrogen and oxygen atoms in total. The fourth-order valence-electron chi connectivity index (χ4n) is 2.04. The highest BCUT2D eigenvalue weighted by Crippen LogP contribution is 2.38. The lowest BCUT2D eigenvalue weighted by atomic mass is 10.1. The second-order valence-corrected chi connectivity index (χ2v) is 7.48. The number of thioether (sulfide) groups is 1. The van der Waals surface area contributed by atoms with Gasteiger partial charge in [-0.1, -0.05) is 24.0 Å². The van der Waals surface area contributed by atoms with E-state index in [9.17, 15) is 24.8 Å². The molecule has 2 rings (SSSR count). The number of non-ortho nitro benzene ring substituents is 1. The van der Waals surface area contributed by atoms with Gasteiger partial charge < -0.3 is 10.2 Å². The molecule has 1 saturated heterocycles. The summed E-state index contributed by atoms with van der Waals surface area (Å²) in [6, 6.07) is 2.31. The number of carbonyl (C=O) groups is 2. The zero-order valence-corrected chi connectivity index (χ0v) is 15.7. The fraction of sp³-hybridized carbons (Fsp3) is 0.214. The number of aromatic hydroxyl groups is 1. The molecule has 1 aliphatic heterocycles. The van der Waals surface area contributed by atoms with E-state index >= 15 is 0 Å². The van der Waals surface area contributed by atoms with Crippen molar-refractivity contribution in [3.05, 3.63) is 37.2 Å².